The Hall–Kier alpha value is -3.94. The van der Waals surface area contributed by atoms with Crippen LogP contribution in [0.5, 0.6) is 0 Å². The summed E-state index contributed by atoms with van der Waals surface area (Å²) in [7, 11) is 0. The predicted octanol–water partition coefficient (Wildman–Crippen LogP) is 2.15. The molecule has 0 saturated carbocycles. The van der Waals surface area contributed by atoms with Gasteiger partial charge >= 0.3 is 17.3 Å². The van der Waals surface area contributed by atoms with Crippen LogP contribution < -0.4 is 5.73 Å². The Balaban J connectivity index is 2.73. The van der Waals surface area contributed by atoms with E-state index in [-0.39, 0.29) is 35.0 Å². The SMILES string of the molecule is CCOC(=O)C1=C(C)OC(N)=C(C#N)C1c1ccc([N+](=O)[O-])c([N+](=O)[O-])c1. The topological polar surface area (TPSA) is 172 Å². The Labute approximate surface area is 152 Å². The molecule has 0 amide bonds. The van der Waals surface area contributed by atoms with Gasteiger partial charge in [-0.05, 0) is 19.4 Å². The van der Waals surface area contributed by atoms with Gasteiger partial charge < -0.3 is 15.2 Å². The number of nitro groups is 2. The Kier molecular flexibility index (Phi) is 5.40. The third-order valence-electron chi connectivity index (χ3n) is 3.83. The number of carbonyl (C=O) groups excluding carboxylic acids is 1. The number of allylic oxidation sites excluding steroid dienone is 2. The zero-order chi connectivity index (χ0) is 20.3. The molecule has 0 spiro atoms. The average Bonchev–Trinajstić information content (AvgIpc) is 2.60. The number of hydrogen-bond donors (Lipinski definition) is 1. The Morgan fingerprint density at radius 2 is 1.96 bits per heavy atom. The number of nitro benzene ring substituents is 2. The van der Waals surface area contributed by atoms with E-state index in [4.69, 9.17) is 15.2 Å². The molecule has 2 N–H and O–H groups in total. The summed E-state index contributed by atoms with van der Waals surface area (Å²) in [6, 6.07) is 4.91. The van der Waals surface area contributed by atoms with E-state index in [0.29, 0.717) is 0 Å². The van der Waals surface area contributed by atoms with Crippen molar-refractivity contribution in [1.29, 1.82) is 5.26 Å². The van der Waals surface area contributed by atoms with E-state index in [9.17, 15) is 30.3 Å². The molecule has 1 aromatic rings. The van der Waals surface area contributed by atoms with Gasteiger partial charge in [0.1, 0.15) is 17.4 Å². The number of benzene rings is 1. The molecule has 1 aromatic carbocycles. The van der Waals surface area contributed by atoms with Gasteiger partial charge in [-0.15, -0.1) is 0 Å². The highest BCUT2D eigenvalue weighted by Gasteiger charge is 2.38. The molecule has 11 nitrogen and oxygen atoms in total. The number of esters is 1. The fourth-order valence-corrected chi connectivity index (χ4v) is 2.71. The van der Waals surface area contributed by atoms with Crippen molar-refractivity contribution in [3.05, 3.63) is 66.8 Å². The van der Waals surface area contributed by atoms with Gasteiger partial charge in [0.15, 0.2) is 0 Å². The summed E-state index contributed by atoms with van der Waals surface area (Å²) in [5, 5.41) is 31.7. The van der Waals surface area contributed by atoms with Gasteiger partial charge in [0.05, 0.1) is 27.9 Å². The molecule has 0 aromatic heterocycles. The first kappa shape index (κ1) is 19.4. The van der Waals surface area contributed by atoms with E-state index in [0.717, 1.165) is 12.1 Å². The summed E-state index contributed by atoms with van der Waals surface area (Å²) in [5.41, 5.74) is 4.10. The van der Waals surface area contributed by atoms with E-state index >= 15 is 0 Å². The second kappa shape index (κ2) is 7.52. The van der Waals surface area contributed by atoms with Gasteiger partial charge in [0.2, 0.25) is 5.88 Å². The molecule has 1 atom stereocenters. The van der Waals surface area contributed by atoms with Crippen LogP contribution in [0.1, 0.15) is 25.3 Å². The van der Waals surface area contributed by atoms with Crippen LogP contribution in [0.4, 0.5) is 11.4 Å². The van der Waals surface area contributed by atoms with E-state index in [1.807, 2.05) is 6.07 Å². The second-order valence-corrected chi connectivity index (χ2v) is 5.38. The molecule has 0 radical (unpaired) electrons. The third-order valence-corrected chi connectivity index (χ3v) is 3.83. The number of nitrogens with zero attached hydrogens (tertiary/aromatic N) is 3. The minimum absolute atomic E-state index is 0.0455. The highest BCUT2D eigenvalue weighted by molar-refractivity contribution is 5.92. The van der Waals surface area contributed by atoms with Gasteiger partial charge in [-0.1, -0.05) is 6.07 Å². The van der Waals surface area contributed by atoms with E-state index in [2.05, 4.69) is 0 Å². The van der Waals surface area contributed by atoms with Crippen LogP contribution in [0.25, 0.3) is 0 Å². The number of nitriles is 1. The lowest BCUT2D eigenvalue weighted by atomic mass is 9.83. The fourth-order valence-electron chi connectivity index (χ4n) is 2.71. The lowest BCUT2D eigenvalue weighted by Gasteiger charge is -2.26. The van der Waals surface area contributed by atoms with Gasteiger partial charge in [0, 0.05) is 12.1 Å². The predicted molar refractivity (Wildman–Crippen MR) is 89.7 cm³/mol. The van der Waals surface area contributed by atoms with E-state index in [1.54, 1.807) is 6.92 Å². The van der Waals surface area contributed by atoms with Crippen LogP contribution in [0.15, 0.2) is 41.0 Å². The Morgan fingerprint density at radius 1 is 1.33 bits per heavy atom. The van der Waals surface area contributed by atoms with Gasteiger partial charge in [-0.25, -0.2) is 4.79 Å². The van der Waals surface area contributed by atoms with Gasteiger partial charge in [-0.3, -0.25) is 20.2 Å². The summed E-state index contributed by atoms with van der Waals surface area (Å²) in [6.45, 7) is 3.06. The molecular formula is C16H14N4O7. The van der Waals surface area contributed by atoms with Crippen molar-refractivity contribution in [2.24, 2.45) is 5.73 Å². The van der Waals surface area contributed by atoms with Crippen molar-refractivity contribution in [3.8, 4) is 6.07 Å². The first-order chi connectivity index (χ1) is 12.7. The molecule has 1 heterocycles. The summed E-state index contributed by atoms with van der Waals surface area (Å²) >= 11 is 0. The molecule has 2 rings (SSSR count). The van der Waals surface area contributed by atoms with Crippen molar-refractivity contribution in [3.63, 3.8) is 0 Å². The normalized spacial score (nSPS) is 16.4. The maximum Gasteiger partial charge on any atom is 0.346 e. The first-order valence-corrected chi connectivity index (χ1v) is 7.61. The number of nitrogens with two attached hydrogens (primary N) is 1. The zero-order valence-electron chi connectivity index (χ0n) is 14.3. The van der Waals surface area contributed by atoms with Crippen LogP contribution >= 0.6 is 0 Å². The van der Waals surface area contributed by atoms with Crippen molar-refractivity contribution in [1.82, 2.24) is 0 Å². The maximum atomic E-state index is 12.4. The molecule has 1 aliphatic rings. The molecular weight excluding hydrogens is 360 g/mol. The molecule has 1 aliphatic heterocycles. The van der Waals surface area contributed by atoms with Crippen LogP contribution in [-0.4, -0.2) is 22.4 Å². The third kappa shape index (κ3) is 3.54. The lowest BCUT2D eigenvalue weighted by molar-refractivity contribution is -0.422. The van der Waals surface area contributed by atoms with Crippen molar-refractivity contribution < 1.29 is 24.1 Å². The first-order valence-electron chi connectivity index (χ1n) is 7.61. The summed E-state index contributed by atoms with van der Waals surface area (Å²) in [4.78, 5) is 32.8. The quantitative estimate of drug-likeness (QED) is 0.460. The number of rotatable bonds is 5. The molecule has 0 aliphatic carbocycles. The smallest absolute Gasteiger partial charge is 0.346 e. The molecule has 11 heteroatoms. The minimum atomic E-state index is -1.12. The summed E-state index contributed by atoms with van der Waals surface area (Å²) in [6.07, 6.45) is 0. The largest absolute Gasteiger partial charge is 0.463 e. The average molecular weight is 374 g/mol. The monoisotopic (exact) mass is 374 g/mol. The highest BCUT2D eigenvalue weighted by Crippen LogP contribution is 2.41. The summed E-state index contributed by atoms with van der Waals surface area (Å²) in [5.74, 6) is -2.12. The van der Waals surface area contributed by atoms with E-state index < -0.39 is 33.1 Å². The van der Waals surface area contributed by atoms with Crippen LogP contribution in [0.3, 0.4) is 0 Å². The van der Waals surface area contributed by atoms with E-state index in [1.165, 1.54) is 13.0 Å². The highest BCUT2D eigenvalue weighted by atomic mass is 16.6. The minimum Gasteiger partial charge on any atom is -0.463 e. The zero-order valence-corrected chi connectivity index (χ0v) is 14.3. The molecule has 0 fully saturated rings. The Morgan fingerprint density at radius 3 is 2.48 bits per heavy atom. The lowest BCUT2D eigenvalue weighted by Crippen LogP contribution is -2.25. The maximum absolute atomic E-state index is 12.4. The molecule has 1 unspecified atom stereocenters. The van der Waals surface area contributed by atoms with Crippen molar-refractivity contribution in [2.75, 3.05) is 6.61 Å². The molecule has 27 heavy (non-hydrogen) atoms. The summed E-state index contributed by atoms with van der Waals surface area (Å²) < 4.78 is 10.2. The number of ether oxygens (including phenoxy) is 2. The molecule has 0 saturated heterocycles. The second-order valence-electron chi connectivity index (χ2n) is 5.38. The van der Waals surface area contributed by atoms with Gasteiger partial charge in [0.25, 0.3) is 0 Å². The number of hydrogen-bond acceptors (Lipinski definition) is 9. The van der Waals surface area contributed by atoms with Crippen molar-refractivity contribution in [2.45, 2.75) is 19.8 Å². The van der Waals surface area contributed by atoms with Gasteiger partial charge in [-0.2, -0.15) is 5.26 Å². The molecule has 140 valence electrons. The molecule has 0 bridgehead atoms. The van der Waals surface area contributed by atoms with Crippen LogP contribution in [0.2, 0.25) is 0 Å². The fraction of sp³-hybridized carbons (Fsp3) is 0.250. The standard InChI is InChI=1S/C16H14N4O7/c1-3-26-16(21)13-8(2)27-15(18)10(7-17)14(13)9-4-5-11(19(22)23)12(6-9)20(24)25/h4-6,14H,3,18H2,1-2H3. The van der Waals surface area contributed by atoms with Crippen molar-refractivity contribution >= 4 is 17.3 Å². The Bertz CT molecular complexity index is 943. The number of carbonyl (C=O) groups is 1. The van der Waals surface area contributed by atoms with Crippen LogP contribution in [0, 0.1) is 31.6 Å². The van der Waals surface area contributed by atoms with Crippen LogP contribution in [-0.2, 0) is 14.3 Å².